The first kappa shape index (κ1) is 11.8. The lowest BCUT2D eigenvalue weighted by Gasteiger charge is -1.98. The first-order valence-electron chi connectivity index (χ1n) is 4.50. The first-order chi connectivity index (χ1) is 7.50. The zero-order valence-corrected chi connectivity index (χ0v) is 8.25. The second-order valence-corrected chi connectivity index (χ2v) is 3.12. The molecule has 1 aromatic carbocycles. The van der Waals surface area contributed by atoms with Gasteiger partial charge in [0.25, 0.3) is 5.69 Å². The van der Waals surface area contributed by atoms with Gasteiger partial charge in [0.2, 0.25) is 0 Å². The molecule has 0 saturated heterocycles. The fourth-order valence-corrected chi connectivity index (χ4v) is 1.13. The van der Waals surface area contributed by atoms with Gasteiger partial charge < -0.3 is 5.11 Å². The van der Waals surface area contributed by atoms with Crippen LogP contribution in [0, 0.1) is 10.1 Å². The van der Waals surface area contributed by atoms with Gasteiger partial charge >= 0.3 is 5.97 Å². The molecule has 0 aliphatic rings. The van der Waals surface area contributed by atoms with Crippen molar-refractivity contribution < 1.29 is 19.6 Å². The van der Waals surface area contributed by atoms with Gasteiger partial charge in [-0.15, -0.1) is 0 Å². The molecule has 0 atom stereocenters. The van der Waals surface area contributed by atoms with Gasteiger partial charge in [0, 0.05) is 24.1 Å². The van der Waals surface area contributed by atoms with Crippen molar-refractivity contribution in [3.63, 3.8) is 0 Å². The highest BCUT2D eigenvalue weighted by atomic mass is 16.6. The van der Waals surface area contributed by atoms with Crippen molar-refractivity contribution in [1.29, 1.82) is 0 Å². The van der Waals surface area contributed by atoms with Crippen molar-refractivity contribution in [3.8, 4) is 0 Å². The number of hydrogen-bond donors (Lipinski definition) is 1. The fourth-order valence-electron chi connectivity index (χ4n) is 1.13. The average Bonchev–Trinajstić information content (AvgIpc) is 2.26. The van der Waals surface area contributed by atoms with E-state index in [2.05, 4.69) is 0 Å². The number of nitro benzene ring substituents is 1. The molecule has 0 amide bonds. The quantitative estimate of drug-likeness (QED) is 0.464. The van der Waals surface area contributed by atoms with E-state index in [-0.39, 0.29) is 29.9 Å². The van der Waals surface area contributed by atoms with Crippen LogP contribution in [0.3, 0.4) is 0 Å². The number of non-ortho nitro benzene ring substituents is 1. The first-order valence-corrected chi connectivity index (χ1v) is 4.50. The van der Waals surface area contributed by atoms with Crippen LogP contribution in [0.1, 0.15) is 23.2 Å². The van der Waals surface area contributed by atoms with Gasteiger partial charge in [0.05, 0.1) is 11.3 Å². The molecule has 0 heterocycles. The van der Waals surface area contributed by atoms with E-state index in [0.29, 0.717) is 0 Å². The van der Waals surface area contributed by atoms with Gasteiger partial charge in [0.15, 0.2) is 5.78 Å². The molecule has 0 saturated carbocycles. The molecule has 1 rings (SSSR count). The Kier molecular flexibility index (Phi) is 3.71. The SMILES string of the molecule is O=C(O)CCC(=O)c1ccc([N+](=O)[O-])cc1. The molecule has 6 nitrogen and oxygen atoms in total. The molecule has 0 fully saturated rings. The standard InChI is InChI=1S/C10H9NO5/c12-9(5-6-10(13)14)7-1-3-8(4-2-7)11(15)16/h1-4H,5-6H2,(H,13,14). The number of carbonyl (C=O) groups is 2. The summed E-state index contributed by atoms with van der Waals surface area (Å²) in [5.41, 5.74) is 0.182. The van der Waals surface area contributed by atoms with Crippen molar-refractivity contribution in [1.82, 2.24) is 0 Å². The van der Waals surface area contributed by atoms with Gasteiger partial charge in [-0.25, -0.2) is 0 Å². The van der Waals surface area contributed by atoms with E-state index in [9.17, 15) is 19.7 Å². The average molecular weight is 223 g/mol. The number of aliphatic carboxylic acids is 1. The molecule has 1 N–H and O–H groups in total. The van der Waals surface area contributed by atoms with Crippen LogP contribution in [0.5, 0.6) is 0 Å². The summed E-state index contributed by atoms with van der Waals surface area (Å²) in [5.74, 6) is -1.38. The number of ketones is 1. The van der Waals surface area contributed by atoms with Crippen LogP contribution in [0.2, 0.25) is 0 Å². The zero-order valence-electron chi connectivity index (χ0n) is 8.25. The van der Waals surface area contributed by atoms with E-state index in [0.717, 1.165) is 0 Å². The third-order valence-electron chi connectivity index (χ3n) is 1.97. The third kappa shape index (κ3) is 3.16. The van der Waals surface area contributed by atoms with Crippen LogP contribution in [0.25, 0.3) is 0 Å². The van der Waals surface area contributed by atoms with Crippen molar-refractivity contribution in [3.05, 3.63) is 39.9 Å². The highest BCUT2D eigenvalue weighted by Crippen LogP contribution is 2.13. The number of carbonyl (C=O) groups excluding carboxylic acids is 1. The molecule has 6 heteroatoms. The second kappa shape index (κ2) is 5.01. The van der Waals surface area contributed by atoms with Crippen molar-refractivity contribution in [2.24, 2.45) is 0 Å². The van der Waals surface area contributed by atoms with E-state index in [1.807, 2.05) is 0 Å². The number of Topliss-reactive ketones (excluding diaryl/α,β-unsaturated/α-hetero) is 1. The van der Waals surface area contributed by atoms with E-state index in [1.54, 1.807) is 0 Å². The molecule has 0 spiro atoms. The molecule has 0 aromatic heterocycles. The van der Waals surface area contributed by atoms with E-state index < -0.39 is 10.9 Å². The number of nitrogens with zero attached hydrogens (tertiary/aromatic N) is 1. The zero-order chi connectivity index (χ0) is 12.1. The van der Waals surface area contributed by atoms with Crippen molar-refractivity contribution in [2.45, 2.75) is 12.8 Å². The summed E-state index contributed by atoms with van der Waals surface area (Å²) in [6, 6.07) is 5.08. The van der Waals surface area contributed by atoms with Crippen LogP contribution in [-0.4, -0.2) is 21.8 Å². The minimum absolute atomic E-state index is 0.102. The summed E-state index contributed by atoms with van der Waals surface area (Å²) in [4.78, 5) is 31.4. The van der Waals surface area contributed by atoms with E-state index >= 15 is 0 Å². The summed E-state index contributed by atoms with van der Waals surface area (Å²) in [6.45, 7) is 0. The number of carboxylic acid groups (broad SMARTS) is 1. The van der Waals surface area contributed by atoms with Crippen molar-refractivity contribution in [2.75, 3.05) is 0 Å². The molecular formula is C10H9NO5. The Labute approximate surface area is 90.7 Å². The van der Waals surface area contributed by atoms with Crippen molar-refractivity contribution >= 4 is 17.4 Å². The summed E-state index contributed by atoms with van der Waals surface area (Å²) in [6.07, 6.45) is -0.344. The van der Waals surface area contributed by atoms with Crippen LogP contribution in [0.15, 0.2) is 24.3 Å². The second-order valence-electron chi connectivity index (χ2n) is 3.12. The van der Waals surface area contributed by atoms with Gasteiger partial charge in [-0.1, -0.05) is 0 Å². The summed E-state index contributed by atoms with van der Waals surface area (Å²) >= 11 is 0. The van der Waals surface area contributed by atoms with Gasteiger partial charge in [-0.3, -0.25) is 19.7 Å². The fraction of sp³-hybridized carbons (Fsp3) is 0.200. The molecule has 0 bridgehead atoms. The van der Waals surface area contributed by atoms with Crippen LogP contribution >= 0.6 is 0 Å². The molecule has 84 valence electrons. The number of nitro groups is 1. The number of carboxylic acids is 1. The maximum atomic E-state index is 11.4. The Morgan fingerprint density at radius 1 is 1.19 bits per heavy atom. The lowest BCUT2D eigenvalue weighted by Crippen LogP contribution is -2.03. The smallest absolute Gasteiger partial charge is 0.303 e. The Balaban J connectivity index is 2.70. The molecule has 0 radical (unpaired) electrons. The molecule has 16 heavy (non-hydrogen) atoms. The minimum atomic E-state index is -1.05. The maximum Gasteiger partial charge on any atom is 0.303 e. The predicted molar refractivity (Wildman–Crippen MR) is 54.3 cm³/mol. The Hall–Kier alpha value is -2.24. The lowest BCUT2D eigenvalue weighted by molar-refractivity contribution is -0.384. The van der Waals surface area contributed by atoms with E-state index in [1.165, 1.54) is 24.3 Å². The Bertz CT molecular complexity index is 423. The predicted octanol–water partition coefficient (Wildman–Crippen LogP) is 1.64. The Morgan fingerprint density at radius 2 is 1.75 bits per heavy atom. The number of rotatable bonds is 5. The normalized spacial score (nSPS) is 9.75. The molecule has 0 aliphatic heterocycles. The van der Waals surface area contributed by atoms with Crippen LogP contribution in [0.4, 0.5) is 5.69 Å². The molecular weight excluding hydrogens is 214 g/mol. The monoisotopic (exact) mass is 223 g/mol. The summed E-state index contributed by atoms with van der Waals surface area (Å²) < 4.78 is 0. The lowest BCUT2D eigenvalue weighted by atomic mass is 10.1. The number of benzene rings is 1. The minimum Gasteiger partial charge on any atom is -0.481 e. The summed E-state index contributed by atoms with van der Waals surface area (Å²) in [5, 5.41) is 18.7. The van der Waals surface area contributed by atoms with Crippen LogP contribution < -0.4 is 0 Å². The van der Waals surface area contributed by atoms with Gasteiger partial charge in [-0.05, 0) is 12.1 Å². The molecule has 0 unspecified atom stereocenters. The molecule has 0 aliphatic carbocycles. The third-order valence-corrected chi connectivity index (χ3v) is 1.97. The summed E-state index contributed by atoms with van der Waals surface area (Å²) in [7, 11) is 0. The highest BCUT2D eigenvalue weighted by molar-refractivity contribution is 5.97. The van der Waals surface area contributed by atoms with Crippen LogP contribution in [-0.2, 0) is 4.79 Å². The molecule has 1 aromatic rings. The van der Waals surface area contributed by atoms with E-state index in [4.69, 9.17) is 5.11 Å². The van der Waals surface area contributed by atoms with Gasteiger partial charge in [0.1, 0.15) is 0 Å². The number of hydrogen-bond acceptors (Lipinski definition) is 4. The topological polar surface area (TPSA) is 97.5 Å². The highest BCUT2D eigenvalue weighted by Gasteiger charge is 2.10. The largest absolute Gasteiger partial charge is 0.481 e. The Morgan fingerprint density at radius 3 is 2.19 bits per heavy atom. The maximum absolute atomic E-state index is 11.4. The van der Waals surface area contributed by atoms with Gasteiger partial charge in [-0.2, -0.15) is 0 Å².